The number of sulfonamides is 1. The van der Waals surface area contributed by atoms with Crippen molar-refractivity contribution in [2.24, 2.45) is 0 Å². The Bertz CT molecular complexity index is 634. The molecule has 0 aliphatic heterocycles. The Balaban J connectivity index is 3.14. The molecule has 1 aromatic rings. The average Bonchev–Trinajstić information content (AvgIpc) is 2.31. The van der Waals surface area contributed by atoms with E-state index in [0.29, 0.717) is 5.56 Å². The summed E-state index contributed by atoms with van der Waals surface area (Å²) in [7, 11) is -3.99. The Morgan fingerprint density at radius 3 is 2.74 bits per heavy atom. The molecule has 0 heterocycles. The van der Waals surface area contributed by atoms with E-state index in [-0.39, 0.29) is 16.3 Å². The lowest BCUT2D eigenvalue weighted by Gasteiger charge is -2.14. The molecule has 1 unspecified atom stereocenters. The smallest absolute Gasteiger partial charge is 0.322 e. The second kappa shape index (κ2) is 6.06. The fraction of sp³-hybridized carbons (Fsp3) is 0.250. The zero-order valence-corrected chi connectivity index (χ0v) is 11.6. The summed E-state index contributed by atoms with van der Waals surface area (Å²) >= 11 is 5.74. The SMILES string of the molecule is C#CCC(NS(=O)(=O)c1cc(Cl)ccc1C)C(=O)O. The number of carbonyl (C=O) groups is 1. The maximum absolute atomic E-state index is 12.1. The fourth-order valence-corrected chi connectivity index (χ4v) is 3.11. The molecule has 0 spiro atoms. The summed E-state index contributed by atoms with van der Waals surface area (Å²) in [5.41, 5.74) is 0.460. The summed E-state index contributed by atoms with van der Waals surface area (Å²) in [4.78, 5) is 10.8. The number of aliphatic carboxylic acids is 1. The van der Waals surface area contributed by atoms with E-state index in [9.17, 15) is 13.2 Å². The molecule has 5 nitrogen and oxygen atoms in total. The zero-order chi connectivity index (χ0) is 14.6. The highest BCUT2D eigenvalue weighted by atomic mass is 35.5. The van der Waals surface area contributed by atoms with Gasteiger partial charge in [0.25, 0.3) is 0 Å². The van der Waals surface area contributed by atoms with Crippen LogP contribution in [0.5, 0.6) is 0 Å². The van der Waals surface area contributed by atoms with Gasteiger partial charge in [-0.1, -0.05) is 17.7 Å². The highest BCUT2D eigenvalue weighted by Crippen LogP contribution is 2.20. The van der Waals surface area contributed by atoms with Crippen molar-refractivity contribution in [3.63, 3.8) is 0 Å². The number of hydrogen-bond acceptors (Lipinski definition) is 3. The second-order valence-electron chi connectivity index (χ2n) is 3.83. The summed E-state index contributed by atoms with van der Waals surface area (Å²) in [6.45, 7) is 1.59. The predicted octanol–water partition coefficient (Wildman–Crippen LogP) is 1.40. The quantitative estimate of drug-likeness (QED) is 0.805. The van der Waals surface area contributed by atoms with Crippen LogP contribution < -0.4 is 4.72 Å². The Kier molecular flexibility index (Phi) is 4.95. The van der Waals surface area contributed by atoms with Gasteiger partial charge < -0.3 is 5.11 Å². The topological polar surface area (TPSA) is 83.5 Å². The molecule has 2 N–H and O–H groups in total. The van der Waals surface area contributed by atoms with Gasteiger partial charge in [0.2, 0.25) is 10.0 Å². The lowest BCUT2D eigenvalue weighted by atomic mass is 10.2. The molecule has 0 saturated carbocycles. The van der Waals surface area contributed by atoms with Crippen LogP contribution >= 0.6 is 11.6 Å². The molecule has 7 heteroatoms. The van der Waals surface area contributed by atoms with E-state index in [1.54, 1.807) is 13.0 Å². The molecule has 0 amide bonds. The van der Waals surface area contributed by atoms with E-state index in [2.05, 4.69) is 5.92 Å². The molecule has 0 bridgehead atoms. The number of carboxylic acid groups (broad SMARTS) is 1. The fourth-order valence-electron chi connectivity index (χ4n) is 1.41. The van der Waals surface area contributed by atoms with Crippen LogP contribution in [0.4, 0.5) is 0 Å². The normalized spacial score (nSPS) is 12.7. The largest absolute Gasteiger partial charge is 0.480 e. The predicted molar refractivity (Wildman–Crippen MR) is 71.4 cm³/mol. The van der Waals surface area contributed by atoms with Crippen LogP contribution in [-0.4, -0.2) is 25.5 Å². The summed E-state index contributed by atoms with van der Waals surface area (Å²) in [6.07, 6.45) is 4.77. The van der Waals surface area contributed by atoms with Gasteiger partial charge in [-0.25, -0.2) is 8.42 Å². The molecular formula is C12H12ClNO4S. The molecular weight excluding hydrogens is 290 g/mol. The van der Waals surface area contributed by atoms with Gasteiger partial charge in [0, 0.05) is 11.4 Å². The van der Waals surface area contributed by atoms with E-state index < -0.39 is 22.0 Å². The Labute approximate surface area is 116 Å². The summed E-state index contributed by atoms with van der Waals surface area (Å²) < 4.78 is 26.2. The van der Waals surface area contributed by atoms with Crippen LogP contribution in [0.15, 0.2) is 23.1 Å². The molecule has 102 valence electrons. The number of benzene rings is 1. The standard InChI is InChI=1S/C12H12ClNO4S/c1-3-4-10(12(15)16)14-19(17,18)11-7-9(13)6-5-8(11)2/h1,5-7,10,14H,4H2,2H3,(H,15,16). The molecule has 0 aliphatic rings. The summed E-state index contributed by atoms with van der Waals surface area (Å²) in [5, 5.41) is 9.14. The van der Waals surface area contributed by atoms with Gasteiger partial charge in [0.05, 0.1) is 4.90 Å². The highest BCUT2D eigenvalue weighted by molar-refractivity contribution is 7.89. The minimum Gasteiger partial charge on any atom is -0.480 e. The summed E-state index contributed by atoms with van der Waals surface area (Å²) in [6, 6.07) is 2.97. The molecule has 0 saturated heterocycles. The number of terminal acetylenes is 1. The Morgan fingerprint density at radius 1 is 1.58 bits per heavy atom. The minimum atomic E-state index is -3.99. The van der Waals surface area contributed by atoms with Gasteiger partial charge in [-0.05, 0) is 24.6 Å². The number of carboxylic acids is 1. The number of rotatable bonds is 5. The van der Waals surface area contributed by atoms with Crippen molar-refractivity contribution < 1.29 is 18.3 Å². The second-order valence-corrected chi connectivity index (χ2v) is 5.95. The molecule has 1 aromatic carbocycles. The van der Waals surface area contributed by atoms with Gasteiger partial charge in [-0.3, -0.25) is 4.79 Å². The van der Waals surface area contributed by atoms with Crippen molar-refractivity contribution in [2.45, 2.75) is 24.3 Å². The molecule has 1 atom stereocenters. The van der Waals surface area contributed by atoms with Crippen molar-refractivity contribution in [3.8, 4) is 12.3 Å². The minimum absolute atomic E-state index is 0.0664. The van der Waals surface area contributed by atoms with Crippen molar-refractivity contribution in [2.75, 3.05) is 0 Å². The Hall–Kier alpha value is -1.55. The first-order chi connectivity index (χ1) is 8.77. The monoisotopic (exact) mass is 301 g/mol. The number of nitrogens with one attached hydrogen (secondary N) is 1. The van der Waals surface area contributed by atoms with Crippen LogP contribution in [0.3, 0.4) is 0 Å². The van der Waals surface area contributed by atoms with Crippen LogP contribution in [-0.2, 0) is 14.8 Å². The van der Waals surface area contributed by atoms with E-state index >= 15 is 0 Å². The molecule has 0 radical (unpaired) electrons. The molecule has 0 aliphatic carbocycles. The summed E-state index contributed by atoms with van der Waals surface area (Å²) in [5.74, 6) is 0.783. The van der Waals surface area contributed by atoms with Crippen LogP contribution in [0.2, 0.25) is 5.02 Å². The van der Waals surface area contributed by atoms with Gasteiger partial charge >= 0.3 is 5.97 Å². The van der Waals surface area contributed by atoms with Crippen LogP contribution in [0, 0.1) is 19.3 Å². The zero-order valence-electron chi connectivity index (χ0n) is 10.1. The highest BCUT2D eigenvalue weighted by Gasteiger charge is 2.25. The van der Waals surface area contributed by atoms with Crippen molar-refractivity contribution in [1.82, 2.24) is 4.72 Å². The van der Waals surface area contributed by atoms with Crippen LogP contribution in [0.25, 0.3) is 0 Å². The van der Waals surface area contributed by atoms with Gasteiger partial charge in [0.1, 0.15) is 6.04 Å². The lowest BCUT2D eigenvalue weighted by Crippen LogP contribution is -2.40. The third kappa shape index (κ3) is 3.96. The van der Waals surface area contributed by atoms with Gasteiger partial charge in [-0.15, -0.1) is 12.3 Å². The van der Waals surface area contributed by atoms with E-state index in [1.807, 2.05) is 4.72 Å². The molecule has 0 aromatic heterocycles. The number of hydrogen-bond donors (Lipinski definition) is 2. The van der Waals surface area contributed by atoms with Gasteiger partial charge in [0.15, 0.2) is 0 Å². The first-order valence-corrected chi connectivity index (χ1v) is 7.09. The molecule has 0 fully saturated rings. The third-order valence-electron chi connectivity index (χ3n) is 2.36. The Morgan fingerprint density at radius 2 is 2.21 bits per heavy atom. The molecule has 1 rings (SSSR count). The van der Waals surface area contributed by atoms with E-state index in [1.165, 1.54) is 12.1 Å². The number of aryl methyl sites for hydroxylation is 1. The van der Waals surface area contributed by atoms with Crippen molar-refractivity contribution in [1.29, 1.82) is 0 Å². The lowest BCUT2D eigenvalue weighted by molar-refractivity contribution is -0.138. The van der Waals surface area contributed by atoms with E-state index in [4.69, 9.17) is 23.1 Å². The van der Waals surface area contributed by atoms with Crippen molar-refractivity contribution >= 4 is 27.6 Å². The molecule has 19 heavy (non-hydrogen) atoms. The maximum Gasteiger partial charge on any atom is 0.322 e. The maximum atomic E-state index is 12.1. The third-order valence-corrected chi connectivity index (χ3v) is 4.21. The average molecular weight is 302 g/mol. The first-order valence-electron chi connectivity index (χ1n) is 5.22. The van der Waals surface area contributed by atoms with Crippen LogP contribution in [0.1, 0.15) is 12.0 Å². The first kappa shape index (κ1) is 15.5. The number of halogens is 1. The van der Waals surface area contributed by atoms with Crippen molar-refractivity contribution in [3.05, 3.63) is 28.8 Å². The van der Waals surface area contributed by atoms with Gasteiger partial charge in [-0.2, -0.15) is 4.72 Å². The van der Waals surface area contributed by atoms with E-state index in [0.717, 1.165) is 0 Å².